The average Bonchev–Trinajstić information content (AvgIpc) is 3.19. The fraction of sp³-hybridized carbons (Fsp3) is 0.750. The van der Waals surface area contributed by atoms with Crippen LogP contribution in [-0.4, -0.2) is 50.8 Å². The van der Waals surface area contributed by atoms with Gasteiger partial charge in [0.1, 0.15) is 5.75 Å². The Hall–Kier alpha value is -1.10. The van der Waals surface area contributed by atoms with E-state index in [1.54, 1.807) is 0 Å². The molecule has 1 aromatic carbocycles. The molecule has 0 saturated carbocycles. The first-order chi connectivity index (χ1) is 13.0. The number of rotatable bonds is 5. The summed E-state index contributed by atoms with van der Waals surface area (Å²) in [5, 5.41) is 21.6. The average molecular weight is 389 g/mol. The third-order valence-corrected chi connectivity index (χ3v) is 6.70. The molecular weight excluding hydrogens is 348 g/mol. The standard InChI is InChI=1S/C24H40N2O2/c1-17-13-18(15-25-11-7-9-20(25)23(2,3)4)22(27)19(14-17)16-26-12-8-10-21(26)24(5,6)28/h13-14,20-21,27-28H,7-12,15-16H2,1-6H3. The van der Waals surface area contributed by atoms with Gasteiger partial charge in [0, 0.05) is 36.3 Å². The van der Waals surface area contributed by atoms with Crippen molar-refractivity contribution >= 4 is 0 Å². The fourth-order valence-corrected chi connectivity index (χ4v) is 5.42. The Balaban J connectivity index is 1.81. The lowest BCUT2D eigenvalue weighted by atomic mass is 9.85. The van der Waals surface area contributed by atoms with Crippen molar-refractivity contribution in [3.8, 4) is 5.75 Å². The Labute approximate surface area is 171 Å². The molecule has 2 unspecified atom stereocenters. The van der Waals surface area contributed by atoms with E-state index in [9.17, 15) is 10.2 Å². The topological polar surface area (TPSA) is 46.9 Å². The lowest BCUT2D eigenvalue weighted by molar-refractivity contribution is -0.00523. The highest BCUT2D eigenvalue weighted by Gasteiger charge is 2.37. The molecular formula is C24H40N2O2. The van der Waals surface area contributed by atoms with Crippen LogP contribution in [-0.2, 0) is 13.1 Å². The minimum atomic E-state index is -0.714. The monoisotopic (exact) mass is 388 g/mol. The lowest BCUT2D eigenvalue weighted by Crippen LogP contribution is -2.45. The van der Waals surface area contributed by atoms with Crippen LogP contribution in [0, 0.1) is 12.3 Å². The fourth-order valence-electron chi connectivity index (χ4n) is 5.42. The van der Waals surface area contributed by atoms with Crippen LogP contribution in [0.4, 0.5) is 0 Å². The molecule has 28 heavy (non-hydrogen) atoms. The number of aryl methyl sites for hydroxylation is 1. The number of phenolic OH excluding ortho intramolecular Hbond substituents is 1. The van der Waals surface area contributed by atoms with Crippen molar-refractivity contribution in [3.63, 3.8) is 0 Å². The predicted octanol–water partition coefficient (Wildman–Crippen LogP) is 4.45. The number of aromatic hydroxyl groups is 1. The molecule has 0 radical (unpaired) electrons. The van der Waals surface area contributed by atoms with Crippen molar-refractivity contribution in [3.05, 3.63) is 28.8 Å². The summed E-state index contributed by atoms with van der Waals surface area (Å²) in [6.45, 7) is 16.5. The van der Waals surface area contributed by atoms with Gasteiger partial charge < -0.3 is 10.2 Å². The van der Waals surface area contributed by atoms with Crippen molar-refractivity contribution in [1.82, 2.24) is 9.80 Å². The second-order valence-electron chi connectivity index (χ2n) is 10.7. The Bertz CT molecular complexity index is 632. The summed E-state index contributed by atoms with van der Waals surface area (Å²) in [6.07, 6.45) is 4.60. The van der Waals surface area contributed by atoms with Gasteiger partial charge >= 0.3 is 0 Å². The molecule has 4 heteroatoms. The second-order valence-corrected chi connectivity index (χ2v) is 10.7. The molecule has 0 bridgehead atoms. The van der Waals surface area contributed by atoms with E-state index in [2.05, 4.69) is 49.6 Å². The molecule has 158 valence electrons. The number of nitrogens with zero attached hydrogens (tertiary/aromatic N) is 2. The minimum Gasteiger partial charge on any atom is -0.507 e. The van der Waals surface area contributed by atoms with E-state index in [-0.39, 0.29) is 11.5 Å². The Morgan fingerprint density at radius 1 is 0.893 bits per heavy atom. The van der Waals surface area contributed by atoms with Crippen molar-refractivity contribution in [2.24, 2.45) is 5.41 Å². The highest BCUT2D eigenvalue weighted by atomic mass is 16.3. The molecule has 2 fully saturated rings. The highest BCUT2D eigenvalue weighted by molar-refractivity contribution is 5.43. The van der Waals surface area contributed by atoms with Crippen LogP contribution in [0.3, 0.4) is 0 Å². The summed E-state index contributed by atoms with van der Waals surface area (Å²) >= 11 is 0. The van der Waals surface area contributed by atoms with Crippen LogP contribution in [0.25, 0.3) is 0 Å². The number of hydrogen-bond donors (Lipinski definition) is 2. The van der Waals surface area contributed by atoms with Crippen molar-refractivity contribution < 1.29 is 10.2 Å². The van der Waals surface area contributed by atoms with Gasteiger partial charge in [-0.2, -0.15) is 0 Å². The summed E-state index contributed by atoms with van der Waals surface area (Å²) < 4.78 is 0. The first-order valence-corrected chi connectivity index (χ1v) is 11.0. The zero-order chi connectivity index (χ0) is 20.7. The van der Waals surface area contributed by atoms with Crippen LogP contribution < -0.4 is 0 Å². The summed E-state index contributed by atoms with van der Waals surface area (Å²) in [6, 6.07) is 4.98. The van der Waals surface area contributed by atoms with Crippen LogP contribution in [0.2, 0.25) is 0 Å². The van der Waals surface area contributed by atoms with Gasteiger partial charge in [-0.3, -0.25) is 9.80 Å². The summed E-state index contributed by atoms with van der Waals surface area (Å²) in [4.78, 5) is 4.89. The molecule has 2 N–H and O–H groups in total. The molecule has 2 heterocycles. The number of aliphatic hydroxyl groups is 1. The van der Waals surface area contributed by atoms with Gasteiger partial charge in [0.15, 0.2) is 0 Å². The van der Waals surface area contributed by atoms with Gasteiger partial charge in [0.05, 0.1) is 5.60 Å². The van der Waals surface area contributed by atoms with E-state index >= 15 is 0 Å². The van der Waals surface area contributed by atoms with E-state index in [1.165, 1.54) is 18.4 Å². The molecule has 0 aliphatic carbocycles. The summed E-state index contributed by atoms with van der Waals surface area (Å²) in [7, 11) is 0. The highest BCUT2D eigenvalue weighted by Crippen LogP contribution is 2.36. The van der Waals surface area contributed by atoms with Gasteiger partial charge in [-0.25, -0.2) is 0 Å². The first-order valence-electron chi connectivity index (χ1n) is 11.0. The molecule has 1 aromatic rings. The number of likely N-dealkylation sites (tertiary alicyclic amines) is 2. The normalized spacial score (nSPS) is 25.0. The number of hydrogen-bond acceptors (Lipinski definition) is 4. The van der Waals surface area contributed by atoms with Gasteiger partial charge in [0.25, 0.3) is 0 Å². The molecule has 0 aromatic heterocycles. The second kappa shape index (κ2) is 7.97. The largest absolute Gasteiger partial charge is 0.507 e. The van der Waals surface area contributed by atoms with E-state index in [4.69, 9.17) is 0 Å². The van der Waals surface area contributed by atoms with Gasteiger partial charge in [0.2, 0.25) is 0 Å². The molecule has 2 aliphatic heterocycles. The summed E-state index contributed by atoms with van der Waals surface area (Å²) in [5.74, 6) is 0.451. The van der Waals surface area contributed by atoms with Crippen LogP contribution in [0.5, 0.6) is 5.75 Å². The Morgan fingerprint density at radius 2 is 1.36 bits per heavy atom. The first kappa shape index (κ1) is 21.6. The maximum absolute atomic E-state index is 11.1. The van der Waals surface area contributed by atoms with E-state index < -0.39 is 5.60 Å². The SMILES string of the molecule is Cc1cc(CN2CCCC2C(C)(C)C)c(O)c(CN2CCCC2C(C)(C)O)c1. The molecule has 2 saturated heterocycles. The zero-order valence-corrected chi connectivity index (χ0v) is 18.8. The Morgan fingerprint density at radius 3 is 1.82 bits per heavy atom. The third-order valence-electron chi connectivity index (χ3n) is 6.70. The van der Waals surface area contributed by atoms with Crippen molar-refractivity contribution in [2.75, 3.05) is 13.1 Å². The summed E-state index contributed by atoms with van der Waals surface area (Å²) in [5.41, 5.74) is 2.79. The van der Waals surface area contributed by atoms with Gasteiger partial charge in [-0.15, -0.1) is 0 Å². The molecule has 3 rings (SSSR count). The van der Waals surface area contributed by atoms with Gasteiger partial charge in [-0.1, -0.05) is 38.5 Å². The zero-order valence-electron chi connectivity index (χ0n) is 18.8. The number of benzene rings is 1. The van der Waals surface area contributed by atoms with Crippen molar-refractivity contribution in [1.29, 1.82) is 0 Å². The Kier molecular flexibility index (Phi) is 6.15. The van der Waals surface area contributed by atoms with Gasteiger partial charge in [-0.05, 0) is 65.0 Å². The van der Waals surface area contributed by atoms with E-state index in [1.807, 2.05) is 13.8 Å². The molecule has 2 aliphatic rings. The van der Waals surface area contributed by atoms with Crippen molar-refractivity contribution in [2.45, 2.75) is 98.0 Å². The molecule has 2 atom stereocenters. The maximum atomic E-state index is 11.1. The van der Waals surface area contributed by atoms with Crippen LogP contribution in [0.1, 0.15) is 77.0 Å². The quantitative estimate of drug-likeness (QED) is 0.782. The smallest absolute Gasteiger partial charge is 0.124 e. The predicted molar refractivity (Wildman–Crippen MR) is 115 cm³/mol. The third kappa shape index (κ3) is 4.72. The van der Waals surface area contributed by atoms with Crippen LogP contribution in [0.15, 0.2) is 12.1 Å². The molecule has 0 spiro atoms. The minimum absolute atomic E-state index is 0.153. The van der Waals surface area contributed by atoms with Crippen LogP contribution >= 0.6 is 0 Å². The maximum Gasteiger partial charge on any atom is 0.124 e. The van der Waals surface area contributed by atoms with E-state index in [0.29, 0.717) is 18.3 Å². The van der Waals surface area contributed by atoms with E-state index in [0.717, 1.165) is 43.6 Å². The molecule has 0 amide bonds. The number of phenols is 1. The lowest BCUT2D eigenvalue weighted by Gasteiger charge is -2.36. The molecule has 4 nitrogen and oxygen atoms in total.